The maximum Gasteiger partial charge on any atom is 0.135 e. The summed E-state index contributed by atoms with van der Waals surface area (Å²) in [5.74, 6) is 0.650. The van der Waals surface area contributed by atoms with E-state index in [0.29, 0.717) is 5.76 Å². The first-order valence-corrected chi connectivity index (χ1v) is 4.13. The molecule has 0 N–H and O–H groups in total. The summed E-state index contributed by atoms with van der Waals surface area (Å²) >= 11 is 0. The van der Waals surface area contributed by atoms with E-state index in [0.717, 1.165) is 25.9 Å². The molecule has 1 unspecified atom stereocenters. The molecule has 0 aromatic rings. The monoisotopic (exact) mass is 167 g/mol. The van der Waals surface area contributed by atoms with Gasteiger partial charge in [0.2, 0.25) is 0 Å². The molecule has 3 heteroatoms. The molecule has 1 atom stereocenters. The Kier molecular flexibility index (Phi) is 3.62. The Balaban J connectivity index is 2.53. The van der Waals surface area contributed by atoms with Crippen LogP contribution < -0.4 is 0 Å². The number of nitriles is 1. The molecule has 0 aromatic heterocycles. The zero-order valence-electron chi connectivity index (χ0n) is 7.25. The Morgan fingerprint density at radius 1 is 1.67 bits per heavy atom. The van der Waals surface area contributed by atoms with Crippen LogP contribution in [-0.4, -0.2) is 19.8 Å². The Morgan fingerprint density at radius 3 is 3.00 bits per heavy atom. The predicted molar refractivity (Wildman–Crippen MR) is 44.3 cm³/mol. The van der Waals surface area contributed by atoms with Crippen LogP contribution in [0.1, 0.15) is 19.3 Å². The minimum Gasteiger partial charge on any atom is -0.498 e. The summed E-state index contributed by atoms with van der Waals surface area (Å²) in [7, 11) is 1.57. The predicted octanol–water partition coefficient (Wildman–Crippen LogP) is 1.61. The molecule has 12 heavy (non-hydrogen) atoms. The standard InChI is InChI=1S/C9H13NO2/c1-11-8(5-6-10)9-4-2-3-7-12-9/h5,9H,2-4,7H2,1H3/b8-5-. The molecule has 1 saturated heterocycles. The minimum absolute atomic E-state index is 0.00315. The van der Waals surface area contributed by atoms with Gasteiger partial charge in [0.05, 0.1) is 19.3 Å². The van der Waals surface area contributed by atoms with Crippen molar-refractivity contribution in [3.05, 3.63) is 11.8 Å². The van der Waals surface area contributed by atoms with Crippen molar-refractivity contribution >= 4 is 0 Å². The van der Waals surface area contributed by atoms with E-state index < -0.39 is 0 Å². The van der Waals surface area contributed by atoms with E-state index in [1.807, 2.05) is 6.07 Å². The number of allylic oxidation sites excluding steroid dienone is 1. The maximum atomic E-state index is 8.44. The summed E-state index contributed by atoms with van der Waals surface area (Å²) in [6.45, 7) is 0.775. The van der Waals surface area contributed by atoms with E-state index in [-0.39, 0.29) is 6.10 Å². The van der Waals surface area contributed by atoms with E-state index in [1.54, 1.807) is 7.11 Å². The van der Waals surface area contributed by atoms with Crippen molar-refractivity contribution in [2.45, 2.75) is 25.4 Å². The topological polar surface area (TPSA) is 42.2 Å². The molecule has 66 valence electrons. The highest BCUT2D eigenvalue weighted by Crippen LogP contribution is 2.19. The Morgan fingerprint density at radius 2 is 2.50 bits per heavy atom. The van der Waals surface area contributed by atoms with E-state index >= 15 is 0 Å². The normalized spacial score (nSPS) is 24.7. The summed E-state index contributed by atoms with van der Waals surface area (Å²) < 4.78 is 10.5. The largest absolute Gasteiger partial charge is 0.498 e. The van der Waals surface area contributed by atoms with Crippen LogP contribution in [-0.2, 0) is 9.47 Å². The first-order valence-electron chi connectivity index (χ1n) is 4.13. The molecule has 0 saturated carbocycles. The fraction of sp³-hybridized carbons (Fsp3) is 0.667. The molecule has 0 radical (unpaired) electrons. The SMILES string of the molecule is CO/C(=C\C#N)C1CCCCO1. The van der Waals surface area contributed by atoms with Crippen LogP contribution in [0.4, 0.5) is 0 Å². The Bertz CT molecular complexity index is 199. The lowest BCUT2D eigenvalue weighted by Gasteiger charge is -2.23. The fourth-order valence-electron chi connectivity index (χ4n) is 1.31. The van der Waals surface area contributed by atoms with E-state index in [2.05, 4.69) is 0 Å². The van der Waals surface area contributed by atoms with Crippen molar-refractivity contribution in [3.63, 3.8) is 0 Å². The number of hydrogen-bond acceptors (Lipinski definition) is 3. The van der Waals surface area contributed by atoms with Crippen molar-refractivity contribution < 1.29 is 9.47 Å². The molecule has 0 aliphatic carbocycles. The molecule has 0 aromatic carbocycles. The molecule has 0 spiro atoms. The molecule has 1 rings (SSSR count). The van der Waals surface area contributed by atoms with Crippen LogP contribution in [0.2, 0.25) is 0 Å². The van der Waals surface area contributed by atoms with Crippen molar-refractivity contribution in [2.24, 2.45) is 0 Å². The van der Waals surface area contributed by atoms with Crippen molar-refractivity contribution in [1.82, 2.24) is 0 Å². The van der Waals surface area contributed by atoms with E-state index in [1.165, 1.54) is 6.08 Å². The lowest BCUT2D eigenvalue weighted by molar-refractivity contribution is 0.00759. The van der Waals surface area contributed by atoms with Crippen molar-refractivity contribution in [2.75, 3.05) is 13.7 Å². The van der Waals surface area contributed by atoms with Gasteiger partial charge in [0.15, 0.2) is 0 Å². The summed E-state index contributed by atoms with van der Waals surface area (Å²) in [5, 5.41) is 8.44. The summed E-state index contributed by atoms with van der Waals surface area (Å²) in [4.78, 5) is 0. The fourth-order valence-corrected chi connectivity index (χ4v) is 1.31. The van der Waals surface area contributed by atoms with Gasteiger partial charge in [0.1, 0.15) is 11.9 Å². The second-order valence-electron chi connectivity index (χ2n) is 2.74. The zero-order valence-corrected chi connectivity index (χ0v) is 7.25. The van der Waals surface area contributed by atoms with Gasteiger partial charge in [-0.05, 0) is 19.3 Å². The molecule has 1 heterocycles. The molecule has 0 amide bonds. The molecule has 3 nitrogen and oxygen atoms in total. The van der Waals surface area contributed by atoms with E-state index in [9.17, 15) is 0 Å². The van der Waals surface area contributed by atoms with Gasteiger partial charge in [-0.1, -0.05) is 0 Å². The van der Waals surface area contributed by atoms with Gasteiger partial charge in [0.25, 0.3) is 0 Å². The average molecular weight is 167 g/mol. The maximum absolute atomic E-state index is 8.44. The zero-order chi connectivity index (χ0) is 8.81. The van der Waals surface area contributed by atoms with Crippen LogP contribution in [0.3, 0.4) is 0 Å². The molecule has 1 aliphatic heterocycles. The molecular formula is C9H13NO2. The second-order valence-corrected chi connectivity index (χ2v) is 2.74. The number of nitrogens with zero attached hydrogens (tertiary/aromatic N) is 1. The minimum atomic E-state index is 0.00315. The average Bonchev–Trinajstić information content (AvgIpc) is 2.15. The third-order valence-electron chi connectivity index (χ3n) is 1.94. The third-order valence-corrected chi connectivity index (χ3v) is 1.94. The summed E-state index contributed by atoms with van der Waals surface area (Å²) in [6, 6.07) is 1.95. The molecular weight excluding hydrogens is 154 g/mol. The van der Waals surface area contributed by atoms with Crippen LogP contribution in [0.5, 0.6) is 0 Å². The quantitative estimate of drug-likeness (QED) is 0.463. The van der Waals surface area contributed by atoms with Gasteiger partial charge >= 0.3 is 0 Å². The van der Waals surface area contributed by atoms with Crippen molar-refractivity contribution in [1.29, 1.82) is 5.26 Å². The second kappa shape index (κ2) is 4.78. The Hall–Kier alpha value is -1.01. The van der Waals surface area contributed by atoms with Gasteiger partial charge in [0, 0.05) is 6.61 Å². The van der Waals surface area contributed by atoms with Gasteiger partial charge < -0.3 is 9.47 Å². The first-order chi connectivity index (χ1) is 5.88. The lowest BCUT2D eigenvalue weighted by Crippen LogP contribution is -2.22. The highest BCUT2D eigenvalue weighted by molar-refractivity contribution is 5.12. The van der Waals surface area contributed by atoms with Crippen LogP contribution in [0.15, 0.2) is 11.8 Å². The highest BCUT2D eigenvalue weighted by atomic mass is 16.5. The van der Waals surface area contributed by atoms with Gasteiger partial charge in [-0.2, -0.15) is 5.26 Å². The Labute approximate surface area is 72.6 Å². The summed E-state index contributed by atoms with van der Waals surface area (Å²) in [6.07, 6.45) is 4.64. The van der Waals surface area contributed by atoms with E-state index in [4.69, 9.17) is 14.7 Å². The van der Waals surface area contributed by atoms with Gasteiger partial charge in [-0.3, -0.25) is 0 Å². The molecule has 1 aliphatic rings. The first kappa shape index (κ1) is 9.08. The van der Waals surface area contributed by atoms with Gasteiger partial charge in [-0.15, -0.1) is 0 Å². The van der Waals surface area contributed by atoms with Crippen LogP contribution in [0, 0.1) is 11.3 Å². The number of hydrogen-bond donors (Lipinski definition) is 0. The number of rotatable bonds is 2. The molecule has 0 bridgehead atoms. The van der Waals surface area contributed by atoms with Crippen LogP contribution in [0.25, 0.3) is 0 Å². The van der Waals surface area contributed by atoms with Crippen molar-refractivity contribution in [3.8, 4) is 6.07 Å². The highest BCUT2D eigenvalue weighted by Gasteiger charge is 2.18. The number of ether oxygens (including phenoxy) is 2. The summed E-state index contributed by atoms with van der Waals surface area (Å²) in [5.41, 5.74) is 0. The van der Waals surface area contributed by atoms with Gasteiger partial charge in [-0.25, -0.2) is 0 Å². The smallest absolute Gasteiger partial charge is 0.135 e. The third kappa shape index (κ3) is 2.24. The lowest BCUT2D eigenvalue weighted by atomic mass is 10.1. The number of methoxy groups -OCH3 is 1. The van der Waals surface area contributed by atoms with Crippen LogP contribution >= 0.6 is 0 Å². The molecule has 1 fully saturated rings.